The van der Waals surface area contributed by atoms with Gasteiger partial charge in [0.2, 0.25) is 0 Å². The van der Waals surface area contributed by atoms with E-state index in [1.165, 1.54) is 23.3 Å². The molecule has 17 heavy (non-hydrogen) atoms. The molecule has 1 heterocycles. The summed E-state index contributed by atoms with van der Waals surface area (Å²) in [4.78, 5) is 5.42. The van der Waals surface area contributed by atoms with E-state index in [-0.39, 0.29) is 0 Å². The highest BCUT2D eigenvalue weighted by atomic mass is 32.1. The summed E-state index contributed by atoms with van der Waals surface area (Å²) in [6.07, 6.45) is 4.66. The quantitative estimate of drug-likeness (QED) is 0.872. The van der Waals surface area contributed by atoms with Gasteiger partial charge in [-0.2, -0.15) is 0 Å². The van der Waals surface area contributed by atoms with Gasteiger partial charge in [-0.3, -0.25) is 4.98 Å². The van der Waals surface area contributed by atoms with Crippen LogP contribution in [0, 0.1) is 5.92 Å². The van der Waals surface area contributed by atoms with E-state index >= 15 is 0 Å². The van der Waals surface area contributed by atoms with Crippen molar-refractivity contribution < 1.29 is 0 Å². The number of benzene rings is 1. The molecule has 1 saturated carbocycles. The largest absolute Gasteiger partial charge is 0.305 e. The molecule has 1 unspecified atom stereocenters. The standard InChI is InChI=1S/C14H16N2S/c1-2-4-11(5-3-1)14(12-6-7-12)16-9-13-8-15-10-17-13/h1-5,8,10,12,14,16H,6-7,9H2. The molecule has 1 aliphatic rings. The molecule has 0 radical (unpaired) electrons. The van der Waals surface area contributed by atoms with Crippen LogP contribution in [0.2, 0.25) is 0 Å². The van der Waals surface area contributed by atoms with Gasteiger partial charge in [0.1, 0.15) is 0 Å². The Morgan fingerprint density at radius 3 is 2.76 bits per heavy atom. The molecule has 1 N–H and O–H groups in total. The second-order valence-electron chi connectivity index (χ2n) is 4.57. The summed E-state index contributed by atoms with van der Waals surface area (Å²) in [7, 11) is 0. The number of nitrogens with zero attached hydrogens (tertiary/aromatic N) is 1. The average Bonchev–Trinajstić information content (AvgIpc) is 3.07. The first-order valence-electron chi connectivity index (χ1n) is 6.09. The predicted molar refractivity (Wildman–Crippen MR) is 70.9 cm³/mol. The molecule has 1 fully saturated rings. The molecule has 0 bridgehead atoms. The van der Waals surface area contributed by atoms with Gasteiger partial charge < -0.3 is 5.32 Å². The Labute approximate surface area is 106 Å². The van der Waals surface area contributed by atoms with E-state index in [9.17, 15) is 0 Å². The molecular weight excluding hydrogens is 228 g/mol. The third-order valence-electron chi connectivity index (χ3n) is 3.23. The van der Waals surface area contributed by atoms with Crippen molar-refractivity contribution in [3.05, 3.63) is 52.5 Å². The Kier molecular flexibility index (Phi) is 3.20. The van der Waals surface area contributed by atoms with Crippen LogP contribution < -0.4 is 5.32 Å². The highest BCUT2D eigenvalue weighted by Crippen LogP contribution is 2.41. The summed E-state index contributed by atoms with van der Waals surface area (Å²) >= 11 is 1.72. The summed E-state index contributed by atoms with van der Waals surface area (Å²) in [5.74, 6) is 0.824. The topological polar surface area (TPSA) is 24.9 Å². The van der Waals surface area contributed by atoms with Gasteiger partial charge in [-0.15, -0.1) is 11.3 Å². The van der Waals surface area contributed by atoms with E-state index in [4.69, 9.17) is 0 Å². The smallest absolute Gasteiger partial charge is 0.0794 e. The molecule has 0 amide bonds. The Morgan fingerprint density at radius 2 is 2.12 bits per heavy atom. The van der Waals surface area contributed by atoms with Crippen LogP contribution in [0.4, 0.5) is 0 Å². The van der Waals surface area contributed by atoms with Gasteiger partial charge in [0.25, 0.3) is 0 Å². The van der Waals surface area contributed by atoms with Crippen molar-refractivity contribution in [2.24, 2.45) is 5.92 Å². The van der Waals surface area contributed by atoms with Crippen LogP contribution in [0.1, 0.15) is 29.3 Å². The summed E-state index contributed by atoms with van der Waals surface area (Å²) in [6.45, 7) is 0.931. The minimum atomic E-state index is 0.512. The Balaban J connectivity index is 1.68. The maximum atomic E-state index is 4.11. The zero-order valence-corrected chi connectivity index (χ0v) is 10.5. The molecule has 1 aromatic carbocycles. The molecule has 3 heteroatoms. The molecular formula is C14H16N2S. The highest BCUT2D eigenvalue weighted by molar-refractivity contribution is 7.09. The second kappa shape index (κ2) is 4.98. The lowest BCUT2D eigenvalue weighted by atomic mass is 10.0. The SMILES string of the molecule is c1ccc(C(NCc2cncs2)C2CC2)cc1. The van der Waals surface area contributed by atoms with Crippen molar-refractivity contribution in [2.45, 2.75) is 25.4 Å². The molecule has 1 aromatic heterocycles. The molecule has 0 aliphatic heterocycles. The summed E-state index contributed by atoms with van der Waals surface area (Å²) in [5, 5.41) is 3.67. The fourth-order valence-electron chi connectivity index (χ4n) is 2.19. The fraction of sp³-hybridized carbons (Fsp3) is 0.357. The molecule has 0 saturated heterocycles. The normalized spacial score (nSPS) is 16.9. The first kappa shape index (κ1) is 10.9. The third-order valence-corrected chi connectivity index (χ3v) is 4.01. The molecule has 3 rings (SSSR count). The van der Waals surface area contributed by atoms with Crippen LogP contribution in [0.3, 0.4) is 0 Å². The van der Waals surface area contributed by atoms with Crippen molar-refractivity contribution in [2.75, 3.05) is 0 Å². The number of rotatable bonds is 5. The lowest BCUT2D eigenvalue weighted by Crippen LogP contribution is -2.22. The average molecular weight is 244 g/mol. The first-order valence-corrected chi connectivity index (χ1v) is 6.97. The van der Waals surface area contributed by atoms with E-state index in [1.54, 1.807) is 11.3 Å². The van der Waals surface area contributed by atoms with E-state index < -0.39 is 0 Å². The maximum Gasteiger partial charge on any atom is 0.0794 e. The van der Waals surface area contributed by atoms with Crippen LogP contribution >= 0.6 is 11.3 Å². The molecule has 2 aromatic rings. The Morgan fingerprint density at radius 1 is 1.29 bits per heavy atom. The number of hydrogen-bond acceptors (Lipinski definition) is 3. The molecule has 1 atom stereocenters. The van der Waals surface area contributed by atoms with Crippen molar-refractivity contribution in [1.29, 1.82) is 0 Å². The summed E-state index contributed by atoms with van der Waals surface area (Å²) < 4.78 is 0. The minimum absolute atomic E-state index is 0.512. The predicted octanol–water partition coefficient (Wildman–Crippen LogP) is 3.38. The van der Waals surface area contributed by atoms with Crippen molar-refractivity contribution >= 4 is 11.3 Å². The van der Waals surface area contributed by atoms with E-state index in [1.807, 2.05) is 11.7 Å². The molecule has 88 valence electrons. The van der Waals surface area contributed by atoms with E-state index in [0.717, 1.165) is 12.5 Å². The second-order valence-corrected chi connectivity index (χ2v) is 5.55. The summed E-state index contributed by atoms with van der Waals surface area (Å²) in [5.41, 5.74) is 3.31. The van der Waals surface area contributed by atoms with Gasteiger partial charge in [0, 0.05) is 23.7 Å². The minimum Gasteiger partial charge on any atom is -0.305 e. The van der Waals surface area contributed by atoms with Crippen LogP contribution in [-0.4, -0.2) is 4.98 Å². The number of thiazole rings is 1. The van der Waals surface area contributed by atoms with Gasteiger partial charge in [-0.25, -0.2) is 0 Å². The number of nitrogens with one attached hydrogen (secondary N) is 1. The van der Waals surface area contributed by atoms with Gasteiger partial charge in [0.15, 0.2) is 0 Å². The summed E-state index contributed by atoms with van der Waals surface area (Å²) in [6, 6.07) is 11.3. The Bertz CT molecular complexity index is 448. The molecule has 0 spiro atoms. The molecule has 2 nitrogen and oxygen atoms in total. The van der Waals surface area contributed by atoms with Gasteiger partial charge in [0.05, 0.1) is 5.51 Å². The lowest BCUT2D eigenvalue weighted by molar-refractivity contribution is 0.482. The monoisotopic (exact) mass is 244 g/mol. The molecule has 1 aliphatic carbocycles. The fourth-order valence-corrected chi connectivity index (χ4v) is 2.73. The van der Waals surface area contributed by atoms with Crippen molar-refractivity contribution in [3.63, 3.8) is 0 Å². The van der Waals surface area contributed by atoms with E-state index in [0.29, 0.717) is 6.04 Å². The Hall–Kier alpha value is -1.19. The number of hydrogen-bond donors (Lipinski definition) is 1. The van der Waals surface area contributed by atoms with Gasteiger partial charge in [-0.1, -0.05) is 30.3 Å². The van der Waals surface area contributed by atoms with Gasteiger partial charge >= 0.3 is 0 Å². The number of aromatic nitrogens is 1. The first-order chi connectivity index (χ1) is 8.43. The van der Waals surface area contributed by atoms with Crippen LogP contribution in [0.5, 0.6) is 0 Å². The van der Waals surface area contributed by atoms with E-state index in [2.05, 4.69) is 40.6 Å². The highest BCUT2D eigenvalue weighted by Gasteiger charge is 2.31. The third kappa shape index (κ3) is 2.73. The zero-order chi connectivity index (χ0) is 11.5. The van der Waals surface area contributed by atoms with Gasteiger partial charge in [-0.05, 0) is 24.3 Å². The van der Waals surface area contributed by atoms with Crippen LogP contribution in [0.15, 0.2) is 42.0 Å². The van der Waals surface area contributed by atoms with Crippen LogP contribution in [0.25, 0.3) is 0 Å². The maximum absolute atomic E-state index is 4.11. The van der Waals surface area contributed by atoms with Crippen molar-refractivity contribution in [3.8, 4) is 0 Å². The lowest BCUT2D eigenvalue weighted by Gasteiger charge is -2.18. The van der Waals surface area contributed by atoms with Crippen molar-refractivity contribution in [1.82, 2.24) is 10.3 Å². The zero-order valence-electron chi connectivity index (χ0n) is 9.67. The van der Waals surface area contributed by atoms with Crippen LogP contribution in [-0.2, 0) is 6.54 Å².